The van der Waals surface area contributed by atoms with Crippen molar-refractivity contribution < 1.29 is 0 Å². The van der Waals surface area contributed by atoms with Gasteiger partial charge in [0.2, 0.25) is 0 Å². The van der Waals surface area contributed by atoms with Crippen LogP contribution in [0.25, 0.3) is 10.9 Å². The van der Waals surface area contributed by atoms with Gasteiger partial charge in [0.15, 0.2) is 0 Å². The SMILES string of the molecule is Cc1cc(C(N)=S)c2cccc(Br)c2n1. The van der Waals surface area contributed by atoms with Crippen LogP contribution in [0.2, 0.25) is 0 Å². The van der Waals surface area contributed by atoms with Gasteiger partial charge in [-0.25, -0.2) is 0 Å². The molecule has 2 N–H and O–H groups in total. The van der Waals surface area contributed by atoms with E-state index in [9.17, 15) is 0 Å². The Kier molecular flexibility index (Phi) is 2.71. The van der Waals surface area contributed by atoms with E-state index in [2.05, 4.69) is 20.9 Å². The highest BCUT2D eigenvalue weighted by Crippen LogP contribution is 2.25. The summed E-state index contributed by atoms with van der Waals surface area (Å²) in [7, 11) is 0. The van der Waals surface area contributed by atoms with Gasteiger partial charge in [0.05, 0.1) is 5.52 Å². The van der Waals surface area contributed by atoms with Crippen LogP contribution >= 0.6 is 28.1 Å². The van der Waals surface area contributed by atoms with E-state index in [1.165, 1.54) is 0 Å². The van der Waals surface area contributed by atoms with Gasteiger partial charge in [-0.3, -0.25) is 4.98 Å². The van der Waals surface area contributed by atoms with Crippen LogP contribution in [-0.2, 0) is 0 Å². The molecule has 0 radical (unpaired) electrons. The molecule has 0 unspecified atom stereocenters. The van der Waals surface area contributed by atoms with E-state index in [-0.39, 0.29) is 0 Å². The average molecular weight is 281 g/mol. The van der Waals surface area contributed by atoms with E-state index in [1.807, 2.05) is 31.2 Å². The molecule has 0 saturated carbocycles. The predicted molar refractivity (Wildman–Crippen MR) is 70.1 cm³/mol. The lowest BCUT2D eigenvalue weighted by atomic mass is 10.1. The summed E-state index contributed by atoms with van der Waals surface area (Å²) in [5.41, 5.74) is 8.39. The molecule has 0 fully saturated rings. The van der Waals surface area contributed by atoms with Gasteiger partial charge in [0.1, 0.15) is 4.99 Å². The first-order valence-electron chi connectivity index (χ1n) is 4.45. The second kappa shape index (κ2) is 3.87. The van der Waals surface area contributed by atoms with Crippen LogP contribution < -0.4 is 5.73 Å². The Morgan fingerprint density at radius 2 is 2.20 bits per heavy atom. The topological polar surface area (TPSA) is 38.9 Å². The molecule has 0 aliphatic heterocycles. The molecule has 1 aromatic carbocycles. The average Bonchev–Trinajstić information content (AvgIpc) is 2.18. The number of fused-ring (bicyclic) bond motifs is 1. The van der Waals surface area contributed by atoms with Crippen molar-refractivity contribution in [2.75, 3.05) is 0 Å². The highest BCUT2D eigenvalue weighted by atomic mass is 79.9. The largest absolute Gasteiger partial charge is 0.389 e. The van der Waals surface area contributed by atoms with E-state index < -0.39 is 0 Å². The minimum absolute atomic E-state index is 0.406. The number of benzene rings is 1. The Balaban J connectivity index is 2.92. The summed E-state index contributed by atoms with van der Waals surface area (Å²) in [6.07, 6.45) is 0. The molecule has 0 saturated heterocycles. The number of para-hydroxylation sites is 1. The zero-order valence-corrected chi connectivity index (χ0v) is 10.5. The summed E-state index contributed by atoms with van der Waals surface area (Å²) in [6.45, 7) is 1.93. The fourth-order valence-electron chi connectivity index (χ4n) is 1.55. The quantitative estimate of drug-likeness (QED) is 0.817. The van der Waals surface area contributed by atoms with Crippen LogP contribution in [0.4, 0.5) is 0 Å². The minimum atomic E-state index is 0.406. The molecule has 76 valence electrons. The lowest BCUT2D eigenvalue weighted by molar-refractivity contribution is 1.25. The number of aromatic nitrogens is 1. The maximum atomic E-state index is 5.69. The van der Waals surface area contributed by atoms with Crippen LogP contribution in [-0.4, -0.2) is 9.97 Å². The van der Waals surface area contributed by atoms with Crippen LogP contribution in [0, 0.1) is 6.92 Å². The first-order chi connectivity index (χ1) is 7.09. The van der Waals surface area contributed by atoms with E-state index in [0.29, 0.717) is 4.99 Å². The molecule has 0 spiro atoms. The number of halogens is 1. The number of rotatable bonds is 1. The summed E-state index contributed by atoms with van der Waals surface area (Å²) < 4.78 is 0.959. The van der Waals surface area contributed by atoms with Gasteiger partial charge < -0.3 is 5.73 Å². The summed E-state index contributed by atoms with van der Waals surface area (Å²) in [6, 6.07) is 7.79. The number of pyridine rings is 1. The molecule has 2 aromatic rings. The Labute approximate surface area is 102 Å². The van der Waals surface area contributed by atoms with Crippen molar-refractivity contribution in [2.24, 2.45) is 5.73 Å². The number of aryl methyl sites for hydroxylation is 1. The normalized spacial score (nSPS) is 10.5. The van der Waals surface area contributed by atoms with Gasteiger partial charge in [-0.2, -0.15) is 0 Å². The molecule has 0 bridgehead atoms. The van der Waals surface area contributed by atoms with E-state index in [0.717, 1.165) is 26.6 Å². The third-order valence-electron chi connectivity index (χ3n) is 2.18. The number of hydrogen-bond donors (Lipinski definition) is 1. The lowest BCUT2D eigenvalue weighted by Crippen LogP contribution is -2.10. The lowest BCUT2D eigenvalue weighted by Gasteiger charge is -2.07. The zero-order chi connectivity index (χ0) is 11.0. The van der Waals surface area contributed by atoms with Crippen molar-refractivity contribution in [3.63, 3.8) is 0 Å². The number of nitrogens with two attached hydrogens (primary N) is 1. The van der Waals surface area contributed by atoms with Gasteiger partial charge in [-0.15, -0.1) is 0 Å². The molecule has 15 heavy (non-hydrogen) atoms. The maximum absolute atomic E-state index is 5.69. The summed E-state index contributed by atoms with van der Waals surface area (Å²) in [5.74, 6) is 0. The standard InChI is InChI=1S/C11H9BrN2S/c1-6-5-8(11(13)15)7-3-2-4-9(12)10(7)14-6/h2-5H,1H3,(H2,13,15). The maximum Gasteiger partial charge on any atom is 0.104 e. The molecule has 2 nitrogen and oxygen atoms in total. The van der Waals surface area contributed by atoms with Gasteiger partial charge >= 0.3 is 0 Å². The molecule has 0 atom stereocenters. The van der Waals surface area contributed by atoms with Crippen LogP contribution in [0.5, 0.6) is 0 Å². The highest BCUT2D eigenvalue weighted by molar-refractivity contribution is 9.10. The number of nitrogens with zero attached hydrogens (tertiary/aromatic N) is 1. The van der Waals surface area contributed by atoms with Gasteiger partial charge in [0, 0.05) is 21.1 Å². The zero-order valence-electron chi connectivity index (χ0n) is 8.12. The third-order valence-corrected chi connectivity index (χ3v) is 3.04. The van der Waals surface area contributed by atoms with Crippen molar-refractivity contribution in [3.05, 3.63) is 40.0 Å². The molecular weight excluding hydrogens is 272 g/mol. The monoisotopic (exact) mass is 280 g/mol. The minimum Gasteiger partial charge on any atom is -0.389 e. The van der Waals surface area contributed by atoms with E-state index in [1.54, 1.807) is 0 Å². The van der Waals surface area contributed by atoms with E-state index >= 15 is 0 Å². The summed E-state index contributed by atoms with van der Waals surface area (Å²) in [5, 5.41) is 0.988. The van der Waals surface area contributed by atoms with Crippen LogP contribution in [0.3, 0.4) is 0 Å². The van der Waals surface area contributed by atoms with Crippen molar-refractivity contribution in [3.8, 4) is 0 Å². The predicted octanol–water partition coefficient (Wildman–Crippen LogP) is 2.94. The first kappa shape index (κ1) is 10.5. The van der Waals surface area contributed by atoms with Crippen molar-refractivity contribution in [1.82, 2.24) is 4.98 Å². The van der Waals surface area contributed by atoms with Crippen molar-refractivity contribution >= 4 is 44.0 Å². The van der Waals surface area contributed by atoms with Crippen LogP contribution in [0.1, 0.15) is 11.3 Å². The molecule has 4 heteroatoms. The second-order valence-electron chi connectivity index (χ2n) is 3.31. The van der Waals surface area contributed by atoms with Crippen LogP contribution in [0.15, 0.2) is 28.7 Å². The smallest absolute Gasteiger partial charge is 0.104 e. The van der Waals surface area contributed by atoms with Gasteiger partial charge in [0.25, 0.3) is 0 Å². The molecule has 1 heterocycles. The molecule has 2 rings (SSSR count). The fourth-order valence-corrected chi connectivity index (χ4v) is 2.17. The molecule has 0 aliphatic carbocycles. The van der Waals surface area contributed by atoms with Gasteiger partial charge in [-0.05, 0) is 35.0 Å². The Morgan fingerprint density at radius 3 is 2.87 bits per heavy atom. The first-order valence-corrected chi connectivity index (χ1v) is 5.65. The highest BCUT2D eigenvalue weighted by Gasteiger charge is 2.07. The van der Waals surface area contributed by atoms with Gasteiger partial charge in [-0.1, -0.05) is 24.4 Å². The Bertz CT molecular complexity index is 552. The molecule has 0 amide bonds. The fraction of sp³-hybridized carbons (Fsp3) is 0.0909. The molecule has 1 aromatic heterocycles. The Morgan fingerprint density at radius 1 is 1.47 bits per heavy atom. The number of thiocarbonyl (C=S) groups is 1. The van der Waals surface area contributed by atoms with E-state index in [4.69, 9.17) is 18.0 Å². The Hall–Kier alpha value is -1.00. The second-order valence-corrected chi connectivity index (χ2v) is 4.61. The van der Waals surface area contributed by atoms with Crippen molar-refractivity contribution in [1.29, 1.82) is 0 Å². The summed E-state index contributed by atoms with van der Waals surface area (Å²) in [4.78, 5) is 4.86. The number of hydrogen-bond acceptors (Lipinski definition) is 2. The molecular formula is C11H9BrN2S. The summed E-state index contributed by atoms with van der Waals surface area (Å²) >= 11 is 8.49. The van der Waals surface area contributed by atoms with Crippen molar-refractivity contribution in [2.45, 2.75) is 6.92 Å². The molecule has 0 aliphatic rings. The third kappa shape index (κ3) is 1.87.